The molecule has 0 aliphatic carbocycles. The Labute approximate surface area is 182 Å². The van der Waals surface area contributed by atoms with Gasteiger partial charge < -0.3 is 19.9 Å². The van der Waals surface area contributed by atoms with Gasteiger partial charge in [0.1, 0.15) is 13.2 Å². The van der Waals surface area contributed by atoms with Gasteiger partial charge in [0.2, 0.25) is 5.88 Å². The van der Waals surface area contributed by atoms with Crippen LogP contribution < -0.4 is 25.6 Å². The second-order valence-corrected chi connectivity index (χ2v) is 6.90. The van der Waals surface area contributed by atoms with Crippen LogP contribution in [-0.2, 0) is 11.3 Å². The van der Waals surface area contributed by atoms with Crippen LogP contribution in [0.5, 0.6) is 17.4 Å². The molecule has 2 N–H and O–H groups in total. The van der Waals surface area contributed by atoms with Gasteiger partial charge in [-0.25, -0.2) is 23.1 Å². The molecule has 2 aromatic heterocycles. The lowest BCUT2D eigenvalue weighted by molar-refractivity contribution is -0.190. The van der Waals surface area contributed by atoms with Gasteiger partial charge in [-0.05, 0) is 35.4 Å². The van der Waals surface area contributed by atoms with Gasteiger partial charge in [-0.1, -0.05) is 6.07 Å². The monoisotopic (exact) mass is 468 g/mol. The van der Waals surface area contributed by atoms with Crippen LogP contribution in [0.25, 0.3) is 16.8 Å². The van der Waals surface area contributed by atoms with Crippen molar-refractivity contribution in [2.75, 3.05) is 19.8 Å². The summed E-state index contributed by atoms with van der Waals surface area (Å²) >= 11 is 0. The first-order valence-corrected chi connectivity index (χ1v) is 9.52. The second kappa shape index (κ2) is 8.58. The molecule has 0 spiro atoms. The summed E-state index contributed by atoms with van der Waals surface area (Å²) < 4.78 is 68.9. The number of ether oxygens (including phenoxy) is 3. The van der Waals surface area contributed by atoms with Gasteiger partial charge >= 0.3 is 17.8 Å². The maximum Gasteiger partial charge on any atom is 0.491 e. The summed E-state index contributed by atoms with van der Waals surface area (Å²) in [5, 5.41) is 3.97. The Bertz CT molecular complexity index is 1310. The molecule has 9 nitrogen and oxygen atoms in total. The number of carbonyl (C=O) groups is 1. The van der Waals surface area contributed by atoms with Crippen molar-refractivity contribution in [3.05, 3.63) is 52.7 Å². The molecule has 0 atom stereocenters. The molecule has 174 valence electrons. The molecule has 1 aliphatic heterocycles. The number of hydrogen-bond donors (Lipinski definition) is 1. The summed E-state index contributed by atoms with van der Waals surface area (Å²) in [7, 11) is 0. The Balaban J connectivity index is 1.91. The number of halogens is 4. The highest BCUT2D eigenvalue weighted by Gasteiger charge is 2.42. The number of carbonyl (C=O) groups excluding carboxylic acids is 1. The molecular formula is C20H16F4N4O5. The molecule has 0 unspecified atom stereocenters. The molecule has 3 heterocycles. The number of pyridine rings is 1. The zero-order valence-corrected chi connectivity index (χ0v) is 16.8. The summed E-state index contributed by atoms with van der Waals surface area (Å²) in [5.74, 6) is -2.48. The fourth-order valence-corrected chi connectivity index (χ4v) is 3.19. The van der Waals surface area contributed by atoms with E-state index in [4.69, 9.17) is 15.2 Å². The number of esters is 1. The van der Waals surface area contributed by atoms with Crippen LogP contribution in [0.3, 0.4) is 0 Å². The predicted molar refractivity (Wildman–Crippen MR) is 106 cm³/mol. The number of nitrogens with zero attached hydrogens (tertiary/aromatic N) is 3. The minimum absolute atomic E-state index is 0.0150. The molecule has 13 heteroatoms. The Hall–Kier alpha value is -3.87. The van der Waals surface area contributed by atoms with E-state index in [-0.39, 0.29) is 48.4 Å². The number of alkyl halides is 3. The van der Waals surface area contributed by atoms with Gasteiger partial charge in [-0.2, -0.15) is 13.2 Å². The van der Waals surface area contributed by atoms with Crippen LogP contribution in [-0.4, -0.2) is 46.1 Å². The largest absolute Gasteiger partial charge is 0.491 e. The molecule has 0 radical (unpaired) electrons. The fourth-order valence-electron chi connectivity index (χ4n) is 3.19. The number of fused-ring (bicyclic) bond motifs is 2. The second-order valence-electron chi connectivity index (χ2n) is 6.90. The summed E-state index contributed by atoms with van der Waals surface area (Å²) in [4.78, 5) is 24.6. The first-order valence-electron chi connectivity index (χ1n) is 9.52. The Morgan fingerprint density at radius 3 is 2.58 bits per heavy atom. The van der Waals surface area contributed by atoms with Crippen molar-refractivity contribution < 1.29 is 36.6 Å². The Kier molecular flexibility index (Phi) is 5.80. The third kappa shape index (κ3) is 4.26. The van der Waals surface area contributed by atoms with Crippen molar-refractivity contribution in [2.24, 2.45) is 5.73 Å². The average Bonchev–Trinajstić information content (AvgIpc) is 3.12. The molecule has 0 amide bonds. The fraction of sp³-hybridized carbons (Fsp3) is 0.250. The van der Waals surface area contributed by atoms with Crippen LogP contribution >= 0.6 is 0 Å². The summed E-state index contributed by atoms with van der Waals surface area (Å²) in [6, 6.07) is 7.21. The quantitative estimate of drug-likeness (QED) is 0.452. The lowest BCUT2D eigenvalue weighted by Crippen LogP contribution is -2.30. The molecule has 33 heavy (non-hydrogen) atoms. The van der Waals surface area contributed by atoms with Gasteiger partial charge in [0, 0.05) is 12.1 Å². The van der Waals surface area contributed by atoms with Crippen molar-refractivity contribution in [3.8, 4) is 28.5 Å². The smallest absolute Gasteiger partial charge is 0.486 e. The van der Waals surface area contributed by atoms with E-state index in [2.05, 4.69) is 9.84 Å². The maximum absolute atomic E-state index is 13.0. The number of rotatable bonds is 5. The van der Waals surface area contributed by atoms with E-state index in [0.29, 0.717) is 22.5 Å². The van der Waals surface area contributed by atoms with E-state index < -0.39 is 23.7 Å². The normalized spacial score (nSPS) is 13.9. The minimum Gasteiger partial charge on any atom is -0.486 e. The van der Waals surface area contributed by atoms with E-state index in [9.17, 15) is 27.2 Å². The van der Waals surface area contributed by atoms with E-state index in [1.165, 1.54) is 30.3 Å². The van der Waals surface area contributed by atoms with Crippen LogP contribution in [0.4, 0.5) is 17.6 Å². The summed E-state index contributed by atoms with van der Waals surface area (Å²) in [6.45, 7) is 0.0390. The number of aromatic nitrogens is 3. The van der Waals surface area contributed by atoms with E-state index in [1.54, 1.807) is 0 Å². The number of hydrogen-bond acceptors (Lipinski definition) is 7. The summed E-state index contributed by atoms with van der Waals surface area (Å²) in [5.41, 5.74) is 4.61. The molecule has 0 saturated carbocycles. The van der Waals surface area contributed by atoms with Crippen LogP contribution in [0.2, 0.25) is 0 Å². The minimum atomic E-state index is -5.32. The first kappa shape index (κ1) is 22.3. The Morgan fingerprint density at radius 1 is 1.18 bits per heavy atom. The Morgan fingerprint density at radius 2 is 1.91 bits per heavy atom. The maximum atomic E-state index is 13.0. The molecule has 1 aliphatic rings. The standard InChI is InChI=1S/C20H16F4N4O5/c21-8-11(9-25)10-27-19(30)28-16(26-27)4-2-13(17(28)33-18(29)20(22,23)24)12-1-3-14-15(7-12)32-6-5-31-14/h1-4,7-8H,5-6,9-10,25H2/b11-8+. The number of benzene rings is 1. The van der Waals surface area contributed by atoms with Crippen molar-refractivity contribution in [3.63, 3.8) is 0 Å². The van der Waals surface area contributed by atoms with Crippen molar-refractivity contribution in [1.29, 1.82) is 0 Å². The van der Waals surface area contributed by atoms with E-state index in [0.717, 1.165) is 4.68 Å². The molecule has 0 saturated heterocycles. The van der Waals surface area contributed by atoms with Gasteiger partial charge in [-0.3, -0.25) is 0 Å². The summed E-state index contributed by atoms with van der Waals surface area (Å²) in [6.07, 6.45) is -5.11. The molecule has 1 aromatic carbocycles. The third-order valence-corrected chi connectivity index (χ3v) is 4.74. The van der Waals surface area contributed by atoms with Crippen molar-refractivity contribution >= 4 is 11.6 Å². The molecule has 4 rings (SSSR count). The van der Waals surface area contributed by atoms with Crippen LogP contribution in [0, 0.1) is 0 Å². The molecular weight excluding hydrogens is 452 g/mol. The highest BCUT2D eigenvalue weighted by molar-refractivity contribution is 5.82. The SMILES string of the molecule is NC/C(=C\F)Cn1nc2ccc(-c3ccc4c(c3)OCCO4)c(OC(=O)C(F)(F)F)n2c1=O. The highest BCUT2D eigenvalue weighted by atomic mass is 19.4. The molecule has 0 bridgehead atoms. The van der Waals surface area contributed by atoms with Gasteiger partial charge in [0.15, 0.2) is 17.1 Å². The lowest BCUT2D eigenvalue weighted by Gasteiger charge is -2.19. The third-order valence-electron chi connectivity index (χ3n) is 4.74. The van der Waals surface area contributed by atoms with E-state index in [1.807, 2.05) is 0 Å². The predicted octanol–water partition coefficient (Wildman–Crippen LogP) is 2.21. The average molecular weight is 468 g/mol. The van der Waals surface area contributed by atoms with Crippen molar-refractivity contribution in [2.45, 2.75) is 12.7 Å². The zero-order chi connectivity index (χ0) is 23.8. The van der Waals surface area contributed by atoms with Crippen LogP contribution in [0.1, 0.15) is 0 Å². The van der Waals surface area contributed by atoms with Gasteiger partial charge in [-0.15, -0.1) is 5.10 Å². The topological polar surface area (TPSA) is 110 Å². The lowest BCUT2D eigenvalue weighted by atomic mass is 10.1. The van der Waals surface area contributed by atoms with Crippen molar-refractivity contribution in [1.82, 2.24) is 14.2 Å². The van der Waals surface area contributed by atoms with Gasteiger partial charge in [0.05, 0.1) is 12.9 Å². The van der Waals surface area contributed by atoms with Crippen LogP contribution in [0.15, 0.2) is 47.0 Å². The highest BCUT2D eigenvalue weighted by Crippen LogP contribution is 2.38. The zero-order valence-electron chi connectivity index (χ0n) is 16.8. The molecule has 3 aromatic rings. The molecule has 0 fully saturated rings. The van der Waals surface area contributed by atoms with E-state index >= 15 is 0 Å². The first-order chi connectivity index (χ1) is 15.7. The number of nitrogens with two attached hydrogens (primary N) is 1. The van der Waals surface area contributed by atoms with Gasteiger partial charge in [0.25, 0.3) is 0 Å².